The van der Waals surface area contributed by atoms with E-state index in [1.165, 1.54) is 11.1 Å². The van der Waals surface area contributed by atoms with E-state index < -0.39 is 0 Å². The molecule has 2 aromatic rings. The number of carbonyl (C=O) groups is 2. The van der Waals surface area contributed by atoms with E-state index in [0.29, 0.717) is 5.69 Å². The summed E-state index contributed by atoms with van der Waals surface area (Å²) in [5, 5.41) is 6.32. The van der Waals surface area contributed by atoms with E-state index in [4.69, 9.17) is 0 Å². The minimum absolute atomic E-state index is 0.0587. The third-order valence-electron chi connectivity index (χ3n) is 5.23. The molecule has 26 heavy (non-hydrogen) atoms. The highest BCUT2D eigenvalue weighted by molar-refractivity contribution is 6.11. The van der Waals surface area contributed by atoms with Crippen LogP contribution in [0.5, 0.6) is 0 Å². The Morgan fingerprint density at radius 3 is 2.85 bits per heavy atom. The summed E-state index contributed by atoms with van der Waals surface area (Å²) >= 11 is 0. The molecule has 1 aliphatic heterocycles. The number of nitrogens with zero attached hydrogens (tertiary/aromatic N) is 1. The fourth-order valence-electron chi connectivity index (χ4n) is 3.96. The molecule has 0 unspecified atom stereocenters. The highest BCUT2D eigenvalue weighted by Gasteiger charge is 2.31. The van der Waals surface area contributed by atoms with Gasteiger partial charge in [0, 0.05) is 6.04 Å². The second-order valence-electron chi connectivity index (χ2n) is 7.02. The summed E-state index contributed by atoms with van der Waals surface area (Å²) in [7, 11) is 0. The van der Waals surface area contributed by atoms with Gasteiger partial charge in [-0.1, -0.05) is 36.4 Å². The number of hydrogen-bond acceptors (Lipinski definition) is 3. The average molecular weight is 349 g/mol. The third-order valence-corrected chi connectivity index (χ3v) is 5.23. The van der Waals surface area contributed by atoms with Crippen LogP contribution in [-0.2, 0) is 16.0 Å². The van der Waals surface area contributed by atoms with Crippen LogP contribution in [0, 0.1) is 0 Å². The molecule has 1 aliphatic carbocycles. The molecule has 0 spiro atoms. The van der Waals surface area contributed by atoms with Crippen molar-refractivity contribution in [3.63, 3.8) is 0 Å². The molecule has 5 nitrogen and oxygen atoms in total. The van der Waals surface area contributed by atoms with Crippen molar-refractivity contribution in [3.05, 3.63) is 59.7 Å². The quantitative estimate of drug-likeness (QED) is 0.895. The monoisotopic (exact) mass is 349 g/mol. The Balaban J connectivity index is 1.54. The van der Waals surface area contributed by atoms with Crippen molar-refractivity contribution < 1.29 is 9.59 Å². The lowest BCUT2D eigenvalue weighted by molar-refractivity contribution is -0.123. The summed E-state index contributed by atoms with van der Waals surface area (Å²) in [4.78, 5) is 26.7. The van der Waals surface area contributed by atoms with Crippen molar-refractivity contribution in [1.29, 1.82) is 0 Å². The van der Waals surface area contributed by atoms with E-state index in [9.17, 15) is 9.59 Å². The van der Waals surface area contributed by atoms with E-state index in [0.717, 1.165) is 24.9 Å². The number of anilines is 2. The van der Waals surface area contributed by atoms with Crippen LogP contribution >= 0.6 is 0 Å². The van der Waals surface area contributed by atoms with Crippen LogP contribution in [0.3, 0.4) is 0 Å². The number of amides is 2. The largest absolute Gasteiger partial charge is 0.323 e. The number of rotatable bonds is 3. The molecule has 2 atom stereocenters. The summed E-state index contributed by atoms with van der Waals surface area (Å²) in [6.45, 7) is 1.94. The zero-order valence-electron chi connectivity index (χ0n) is 14.9. The van der Waals surface area contributed by atoms with Gasteiger partial charge < -0.3 is 5.32 Å². The molecule has 5 heteroatoms. The van der Waals surface area contributed by atoms with Gasteiger partial charge in [0.15, 0.2) is 0 Å². The molecule has 0 bridgehead atoms. The van der Waals surface area contributed by atoms with Gasteiger partial charge in [0.25, 0.3) is 0 Å². The molecule has 0 fully saturated rings. The Labute approximate surface area is 153 Å². The number of benzene rings is 2. The van der Waals surface area contributed by atoms with E-state index in [2.05, 4.69) is 34.9 Å². The van der Waals surface area contributed by atoms with Crippen LogP contribution in [0.25, 0.3) is 0 Å². The lowest BCUT2D eigenvalue weighted by Crippen LogP contribution is -2.50. The summed E-state index contributed by atoms with van der Waals surface area (Å²) in [6, 6.07) is 15.7. The number of carbonyl (C=O) groups excluding carboxylic acids is 2. The lowest BCUT2D eigenvalue weighted by Gasteiger charge is -2.34. The highest BCUT2D eigenvalue weighted by atomic mass is 16.2. The van der Waals surface area contributed by atoms with E-state index in [-0.39, 0.29) is 30.4 Å². The highest BCUT2D eigenvalue weighted by Crippen LogP contribution is 2.32. The van der Waals surface area contributed by atoms with Gasteiger partial charge in [0.1, 0.15) is 6.54 Å². The predicted molar refractivity (Wildman–Crippen MR) is 102 cm³/mol. The fraction of sp³-hybridized carbons (Fsp3) is 0.333. The van der Waals surface area contributed by atoms with Crippen LogP contribution in [0.1, 0.15) is 36.9 Å². The van der Waals surface area contributed by atoms with Gasteiger partial charge in [0.2, 0.25) is 11.8 Å². The Bertz CT molecular complexity index is 849. The molecule has 0 saturated heterocycles. The summed E-state index contributed by atoms with van der Waals surface area (Å²) in [5.74, 6) is -0.234. The minimum Gasteiger partial charge on any atom is -0.323 e. The minimum atomic E-state index is -0.370. The number of para-hydroxylation sites is 2. The maximum absolute atomic E-state index is 13.1. The van der Waals surface area contributed by atoms with Crippen molar-refractivity contribution in [2.75, 3.05) is 16.8 Å². The first-order valence-electron chi connectivity index (χ1n) is 9.17. The molecule has 0 radical (unpaired) electrons. The zero-order valence-corrected chi connectivity index (χ0v) is 14.9. The van der Waals surface area contributed by atoms with Gasteiger partial charge in [-0.15, -0.1) is 0 Å². The predicted octanol–water partition coefficient (Wildman–Crippen LogP) is 3.03. The molecule has 0 saturated carbocycles. The fourth-order valence-corrected chi connectivity index (χ4v) is 3.96. The van der Waals surface area contributed by atoms with E-state index in [1.807, 2.05) is 31.2 Å². The molecule has 134 valence electrons. The topological polar surface area (TPSA) is 61.4 Å². The number of nitrogens with one attached hydrogen (secondary N) is 2. The second-order valence-corrected chi connectivity index (χ2v) is 7.02. The number of fused-ring (bicyclic) bond motifs is 2. The van der Waals surface area contributed by atoms with Crippen molar-refractivity contribution in [2.24, 2.45) is 0 Å². The Morgan fingerprint density at radius 1 is 1.19 bits per heavy atom. The van der Waals surface area contributed by atoms with Gasteiger partial charge in [-0.25, -0.2) is 0 Å². The maximum atomic E-state index is 13.1. The molecule has 2 N–H and O–H groups in total. The summed E-state index contributed by atoms with van der Waals surface area (Å²) in [5.41, 5.74) is 4.09. The molecule has 2 amide bonds. The van der Waals surface area contributed by atoms with Crippen LogP contribution in [-0.4, -0.2) is 24.4 Å². The Hall–Kier alpha value is -2.66. The lowest BCUT2D eigenvalue weighted by atomic mass is 9.87. The third kappa shape index (κ3) is 3.10. The first-order valence-corrected chi connectivity index (χ1v) is 9.17. The summed E-state index contributed by atoms with van der Waals surface area (Å²) < 4.78 is 0. The van der Waals surface area contributed by atoms with Crippen molar-refractivity contribution in [1.82, 2.24) is 5.32 Å². The van der Waals surface area contributed by atoms with E-state index >= 15 is 0 Å². The molecular weight excluding hydrogens is 326 g/mol. The molecule has 2 aliphatic rings. The molecular formula is C21H23N3O2. The van der Waals surface area contributed by atoms with Gasteiger partial charge in [-0.3, -0.25) is 19.8 Å². The van der Waals surface area contributed by atoms with Crippen LogP contribution in [0.2, 0.25) is 0 Å². The van der Waals surface area contributed by atoms with Gasteiger partial charge in [-0.05, 0) is 49.4 Å². The second kappa shape index (κ2) is 6.92. The molecule has 0 aromatic heterocycles. The van der Waals surface area contributed by atoms with Crippen molar-refractivity contribution >= 4 is 23.2 Å². The molecule has 1 heterocycles. The van der Waals surface area contributed by atoms with Crippen LogP contribution in [0.4, 0.5) is 11.4 Å². The van der Waals surface area contributed by atoms with Gasteiger partial charge in [0.05, 0.1) is 17.4 Å². The molecule has 2 aromatic carbocycles. The van der Waals surface area contributed by atoms with Gasteiger partial charge >= 0.3 is 0 Å². The number of hydrogen-bond donors (Lipinski definition) is 2. The first kappa shape index (κ1) is 16.8. The summed E-state index contributed by atoms with van der Waals surface area (Å²) in [6.07, 6.45) is 3.23. The Morgan fingerprint density at radius 2 is 1.96 bits per heavy atom. The normalized spacial score (nSPS) is 20.0. The molecule has 4 rings (SSSR count). The maximum Gasteiger partial charge on any atom is 0.244 e. The Kier molecular flexibility index (Phi) is 4.47. The van der Waals surface area contributed by atoms with Crippen LogP contribution in [0.15, 0.2) is 48.5 Å². The van der Waals surface area contributed by atoms with Crippen molar-refractivity contribution in [2.45, 2.75) is 38.3 Å². The average Bonchev–Trinajstić information content (AvgIpc) is 2.67. The smallest absolute Gasteiger partial charge is 0.244 e. The number of aryl methyl sites for hydroxylation is 1. The van der Waals surface area contributed by atoms with Crippen molar-refractivity contribution in [3.8, 4) is 0 Å². The van der Waals surface area contributed by atoms with Gasteiger partial charge in [-0.2, -0.15) is 0 Å². The standard InChI is InChI=1S/C21H23N3O2/c1-14(22-17-11-6-8-15-7-2-3-9-16(15)17)21(26)24-13-20(25)23-18-10-4-5-12-19(18)24/h2-5,7,9-10,12,14,17,22H,6,8,11,13H2,1H3,(H,23,25)/t14-,17+/m0/s1. The zero-order chi connectivity index (χ0) is 18.1. The SMILES string of the molecule is C[C@H](N[C@@H]1CCCc2ccccc21)C(=O)N1CC(=O)Nc2ccccc21. The van der Waals surface area contributed by atoms with Crippen LogP contribution < -0.4 is 15.5 Å². The first-order chi connectivity index (χ1) is 12.6. The van der Waals surface area contributed by atoms with E-state index in [1.54, 1.807) is 4.90 Å².